The summed E-state index contributed by atoms with van der Waals surface area (Å²) in [5.74, 6) is 3.50. The van der Waals surface area contributed by atoms with Gasteiger partial charge in [-0.25, -0.2) is 0 Å². The first kappa shape index (κ1) is 37.0. The molecule has 34 heavy (non-hydrogen) atoms. The van der Waals surface area contributed by atoms with E-state index in [1.165, 1.54) is 77.0 Å². The van der Waals surface area contributed by atoms with E-state index in [-0.39, 0.29) is 37.1 Å². The SMILES string of the molecule is C=CCBr.C=CCOC1CCCC(CCC(C)CC)C1.CCC(C)CCC1CCCC(O)C1.[H-].[Na+]. The molecule has 0 aromatic carbocycles. The maximum atomic E-state index is 9.50. The largest absolute Gasteiger partial charge is 1.00 e. The Balaban J connectivity index is -0.000000490. The van der Waals surface area contributed by atoms with Crippen LogP contribution in [0.15, 0.2) is 25.3 Å². The van der Waals surface area contributed by atoms with Crippen LogP contribution in [-0.4, -0.2) is 29.3 Å². The molecule has 2 aliphatic rings. The first-order valence-corrected chi connectivity index (χ1v) is 15.1. The molecule has 0 spiro atoms. The van der Waals surface area contributed by atoms with E-state index in [1.807, 2.05) is 6.08 Å². The van der Waals surface area contributed by atoms with Gasteiger partial charge in [0, 0.05) is 5.33 Å². The summed E-state index contributed by atoms with van der Waals surface area (Å²) in [6.45, 7) is 17.1. The third-order valence-electron chi connectivity index (χ3n) is 7.58. The van der Waals surface area contributed by atoms with Gasteiger partial charge in [-0.1, -0.05) is 120 Å². The second kappa shape index (κ2) is 25.5. The van der Waals surface area contributed by atoms with Crippen LogP contribution < -0.4 is 29.6 Å². The van der Waals surface area contributed by atoms with Crippen molar-refractivity contribution in [2.45, 2.75) is 130 Å². The van der Waals surface area contributed by atoms with Gasteiger partial charge in [0.15, 0.2) is 0 Å². The van der Waals surface area contributed by atoms with Gasteiger partial charge in [0.2, 0.25) is 0 Å². The molecule has 0 aromatic heterocycles. The summed E-state index contributed by atoms with van der Waals surface area (Å²) in [7, 11) is 0. The van der Waals surface area contributed by atoms with Gasteiger partial charge >= 0.3 is 29.6 Å². The molecule has 0 amide bonds. The van der Waals surface area contributed by atoms with Gasteiger partial charge in [-0.15, -0.1) is 13.2 Å². The second-order valence-corrected chi connectivity index (χ2v) is 11.2. The molecule has 2 aliphatic carbocycles. The van der Waals surface area contributed by atoms with Crippen molar-refractivity contribution >= 4 is 15.9 Å². The fourth-order valence-electron chi connectivity index (χ4n) is 4.83. The van der Waals surface area contributed by atoms with Crippen LogP contribution in [0.3, 0.4) is 0 Å². The zero-order chi connectivity index (χ0) is 24.9. The van der Waals surface area contributed by atoms with Gasteiger partial charge in [0.25, 0.3) is 0 Å². The summed E-state index contributed by atoms with van der Waals surface area (Å²) in [4.78, 5) is 0. The van der Waals surface area contributed by atoms with Crippen molar-refractivity contribution in [3.8, 4) is 0 Å². The van der Waals surface area contributed by atoms with E-state index >= 15 is 0 Å². The molecule has 0 radical (unpaired) electrons. The van der Waals surface area contributed by atoms with E-state index in [2.05, 4.69) is 56.8 Å². The van der Waals surface area contributed by atoms with E-state index < -0.39 is 0 Å². The van der Waals surface area contributed by atoms with Crippen molar-refractivity contribution < 1.29 is 40.8 Å². The number of ether oxygens (including phenoxy) is 1. The predicted molar refractivity (Wildman–Crippen MR) is 152 cm³/mol. The third-order valence-corrected chi connectivity index (χ3v) is 8.04. The molecule has 6 atom stereocenters. The van der Waals surface area contributed by atoms with Gasteiger partial charge in [0.1, 0.15) is 0 Å². The number of aliphatic hydroxyl groups is 1. The van der Waals surface area contributed by atoms with Gasteiger partial charge in [-0.2, -0.15) is 0 Å². The summed E-state index contributed by atoms with van der Waals surface area (Å²) >= 11 is 3.13. The monoisotopic (exact) mass is 552 g/mol. The molecule has 2 saturated carbocycles. The molecule has 6 unspecified atom stereocenters. The molecule has 4 heteroatoms. The van der Waals surface area contributed by atoms with Crippen LogP contribution in [0.5, 0.6) is 0 Å². The van der Waals surface area contributed by atoms with E-state index in [0.29, 0.717) is 6.10 Å². The maximum absolute atomic E-state index is 9.50. The Morgan fingerprint density at radius 3 is 1.85 bits per heavy atom. The van der Waals surface area contributed by atoms with Crippen molar-refractivity contribution in [3.05, 3.63) is 25.3 Å². The maximum Gasteiger partial charge on any atom is 1.00 e. The molecule has 2 fully saturated rings. The van der Waals surface area contributed by atoms with E-state index in [0.717, 1.165) is 48.5 Å². The van der Waals surface area contributed by atoms with Crippen LogP contribution in [0.25, 0.3) is 0 Å². The molecular formula is C30H58BrNaO2. The average molecular weight is 554 g/mol. The summed E-state index contributed by atoms with van der Waals surface area (Å²) in [5, 5.41) is 10.4. The van der Waals surface area contributed by atoms with Gasteiger partial charge in [0.05, 0.1) is 18.8 Å². The van der Waals surface area contributed by atoms with Crippen LogP contribution in [-0.2, 0) is 4.74 Å². The minimum absolute atomic E-state index is 0. The second-order valence-electron chi connectivity index (χ2n) is 10.6. The number of hydrogen-bond donors (Lipinski definition) is 1. The molecule has 198 valence electrons. The minimum Gasteiger partial charge on any atom is -1.00 e. The fourth-order valence-corrected chi connectivity index (χ4v) is 4.83. The summed E-state index contributed by atoms with van der Waals surface area (Å²) in [5.41, 5.74) is 0. The summed E-state index contributed by atoms with van der Waals surface area (Å²) in [6.07, 6.45) is 22.3. The Bertz CT molecular complexity index is 466. The number of alkyl halides is 1. The average Bonchev–Trinajstić information content (AvgIpc) is 2.85. The number of aliphatic hydroxyl groups excluding tert-OH is 1. The quantitative estimate of drug-likeness (QED) is 0.167. The minimum atomic E-state index is 0. The fraction of sp³-hybridized carbons (Fsp3) is 0.867. The number of halogens is 1. The normalized spacial score (nSPS) is 25.8. The van der Waals surface area contributed by atoms with Gasteiger partial charge in [-0.05, 0) is 49.4 Å². The summed E-state index contributed by atoms with van der Waals surface area (Å²) in [6, 6.07) is 0. The number of allylic oxidation sites excluding steroid dienone is 1. The van der Waals surface area contributed by atoms with E-state index in [9.17, 15) is 5.11 Å². The van der Waals surface area contributed by atoms with Gasteiger partial charge < -0.3 is 11.3 Å². The molecule has 0 aromatic rings. The molecule has 2 nitrogen and oxygen atoms in total. The molecule has 1 N–H and O–H groups in total. The van der Waals surface area contributed by atoms with Crippen LogP contribution >= 0.6 is 15.9 Å². The Morgan fingerprint density at radius 1 is 0.912 bits per heavy atom. The zero-order valence-corrected chi connectivity index (χ0v) is 27.2. The smallest absolute Gasteiger partial charge is 1.00 e. The van der Waals surface area contributed by atoms with Crippen molar-refractivity contribution in [2.24, 2.45) is 23.7 Å². The van der Waals surface area contributed by atoms with Crippen LogP contribution in [0.1, 0.15) is 119 Å². The zero-order valence-electron chi connectivity index (χ0n) is 24.6. The van der Waals surface area contributed by atoms with E-state index in [1.54, 1.807) is 6.08 Å². The first-order chi connectivity index (χ1) is 15.9. The molecule has 0 saturated heterocycles. The Hall–Kier alpha value is 0.880. The Morgan fingerprint density at radius 2 is 1.41 bits per heavy atom. The molecular weight excluding hydrogens is 495 g/mol. The van der Waals surface area contributed by atoms with Crippen molar-refractivity contribution in [3.63, 3.8) is 0 Å². The van der Waals surface area contributed by atoms with Crippen LogP contribution in [0, 0.1) is 23.7 Å². The topological polar surface area (TPSA) is 29.5 Å². The van der Waals surface area contributed by atoms with Crippen molar-refractivity contribution in [1.29, 1.82) is 0 Å². The third kappa shape index (κ3) is 21.0. The molecule has 0 aliphatic heterocycles. The Labute approximate surface area is 246 Å². The predicted octanol–water partition coefficient (Wildman–Crippen LogP) is 6.62. The molecule has 0 heterocycles. The van der Waals surface area contributed by atoms with Crippen LogP contribution in [0.4, 0.5) is 0 Å². The van der Waals surface area contributed by atoms with Crippen LogP contribution in [0.2, 0.25) is 0 Å². The first-order valence-electron chi connectivity index (χ1n) is 14.0. The standard InChI is InChI=1S/C15H28O.C12H24O.C3H5Br.Na.H/c1-4-11-16-15-8-6-7-14(12-15)10-9-13(3)5-2;1-3-10(2)7-8-11-5-4-6-12(13)9-11;1-2-3-4;;/h4,13-15H,1,5-12H2,2-3H3;10-13H,3-9H2,1-2H3;2H,1,3H2;;/q;;;+1;-1. The molecule has 2 rings (SSSR count). The van der Waals surface area contributed by atoms with Crippen molar-refractivity contribution in [2.75, 3.05) is 11.9 Å². The number of rotatable bonds is 12. The molecule has 0 bridgehead atoms. The number of hydrogen-bond acceptors (Lipinski definition) is 2. The van der Waals surface area contributed by atoms with Gasteiger partial charge in [-0.3, -0.25) is 0 Å². The summed E-state index contributed by atoms with van der Waals surface area (Å²) < 4.78 is 5.78. The van der Waals surface area contributed by atoms with Crippen molar-refractivity contribution in [1.82, 2.24) is 0 Å². The Kier molecular flexibility index (Phi) is 27.8. The van der Waals surface area contributed by atoms with E-state index in [4.69, 9.17) is 4.74 Å².